The molecule has 1 aromatic heterocycles. The van der Waals surface area contributed by atoms with Crippen molar-refractivity contribution in [3.05, 3.63) is 23.7 Å². The maximum Gasteiger partial charge on any atom is 0.131 e. The van der Waals surface area contributed by atoms with Gasteiger partial charge < -0.3 is 4.42 Å². The predicted octanol–water partition coefficient (Wildman–Crippen LogP) is 2.57. The third-order valence-corrected chi connectivity index (χ3v) is 3.48. The molecular formula is C10H15NOS. The molecule has 1 saturated heterocycles. The van der Waals surface area contributed by atoms with Crippen molar-refractivity contribution in [3.63, 3.8) is 0 Å². The molecule has 1 aromatic rings. The second-order valence-electron chi connectivity index (χ2n) is 3.22. The summed E-state index contributed by atoms with van der Waals surface area (Å²) in [5, 5.41) is 3.83. The monoisotopic (exact) mass is 197 g/mol. The Labute approximate surface area is 83.1 Å². The molecule has 1 unspecified atom stereocenters. The minimum Gasteiger partial charge on any atom is -0.464 e. The van der Waals surface area contributed by atoms with Gasteiger partial charge in [-0.2, -0.15) is 0 Å². The molecule has 0 saturated carbocycles. The van der Waals surface area contributed by atoms with Gasteiger partial charge in [0.05, 0.1) is 0 Å². The summed E-state index contributed by atoms with van der Waals surface area (Å²) in [6, 6.07) is 4.17. The van der Waals surface area contributed by atoms with Crippen LogP contribution in [0.5, 0.6) is 0 Å². The SMILES string of the molecule is CCc1ccc(C2NCCCS2)o1. The zero-order valence-corrected chi connectivity index (χ0v) is 8.69. The summed E-state index contributed by atoms with van der Waals surface area (Å²) in [6.45, 7) is 3.23. The average Bonchev–Trinajstić information content (AvgIpc) is 2.67. The fourth-order valence-corrected chi connectivity index (χ4v) is 2.55. The summed E-state index contributed by atoms with van der Waals surface area (Å²) in [5.41, 5.74) is 0. The molecule has 1 aliphatic rings. The van der Waals surface area contributed by atoms with Gasteiger partial charge in [0.1, 0.15) is 16.9 Å². The van der Waals surface area contributed by atoms with Crippen LogP contribution in [0.2, 0.25) is 0 Å². The van der Waals surface area contributed by atoms with E-state index in [0.29, 0.717) is 5.37 Å². The normalized spacial score (nSPS) is 23.3. The zero-order chi connectivity index (χ0) is 9.10. The van der Waals surface area contributed by atoms with E-state index in [1.807, 2.05) is 11.8 Å². The van der Waals surface area contributed by atoms with Gasteiger partial charge in [-0.3, -0.25) is 5.32 Å². The highest BCUT2D eigenvalue weighted by Crippen LogP contribution is 2.30. The highest BCUT2D eigenvalue weighted by atomic mass is 32.2. The molecule has 2 nitrogen and oxygen atoms in total. The molecule has 3 heteroatoms. The van der Waals surface area contributed by atoms with Gasteiger partial charge in [-0.1, -0.05) is 6.92 Å². The second-order valence-corrected chi connectivity index (χ2v) is 4.43. The molecule has 13 heavy (non-hydrogen) atoms. The maximum atomic E-state index is 5.69. The van der Waals surface area contributed by atoms with Crippen molar-refractivity contribution >= 4 is 11.8 Å². The molecule has 2 rings (SSSR count). The number of hydrogen-bond donors (Lipinski definition) is 1. The molecule has 1 aliphatic heterocycles. The van der Waals surface area contributed by atoms with Crippen LogP contribution < -0.4 is 5.32 Å². The molecule has 1 atom stereocenters. The first-order chi connectivity index (χ1) is 6.40. The van der Waals surface area contributed by atoms with E-state index in [1.54, 1.807) is 0 Å². The van der Waals surface area contributed by atoms with Crippen LogP contribution in [-0.2, 0) is 6.42 Å². The predicted molar refractivity (Wildman–Crippen MR) is 55.9 cm³/mol. The van der Waals surface area contributed by atoms with E-state index < -0.39 is 0 Å². The van der Waals surface area contributed by atoms with Gasteiger partial charge in [-0.15, -0.1) is 11.8 Å². The Kier molecular flexibility index (Phi) is 2.96. The Morgan fingerprint density at radius 1 is 1.62 bits per heavy atom. The molecule has 0 aromatic carbocycles. The van der Waals surface area contributed by atoms with Crippen molar-refractivity contribution in [1.29, 1.82) is 0 Å². The minimum absolute atomic E-state index is 0.383. The molecule has 2 heterocycles. The van der Waals surface area contributed by atoms with Gasteiger partial charge in [0, 0.05) is 6.42 Å². The average molecular weight is 197 g/mol. The quantitative estimate of drug-likeness (QED) is 0.789. The molecule has 0 radical (unpaired) electrons. The largest absolute Gasteiger partial charge is 0.464 e. The van der Waals surface area contributed by atoms with E-state index >= 15 is 0 Å². The fourth-order valence-electron chi connectivity index (χ4n) is 1.47. The fraction of sp³-hybridized carbons (Fsp3) is 0.600. The van der Waals surface area contributed by atoms with Crippen LogP contribution in [0.3, 0.4) is 0 Å². The molecular weight excluding hydrogens is 182 g/mol. The number of nitrogens with one attached hydrogen (secondary N) is 1. The van der Waals surface area contributed by atoms with E-state index in [1.165, 1.54) is 12.2 Å². The zero-order valence-electron chi connectivity index (χ0n) is 7.88. The lowest BCUT2D eigenvalue weighted by molar-refractivity contribution is 0.442. The topological polar surface area (TPSA) is 25.2 Å². The van der Waals surface area contributed by atoms with Gasteiger partial charge >= 0.3 is 0 Å². The van der Waals surface area contributed by atoms with Crippen LogP contribution in [0.1, 0.15) is 30.2 Å². The summed E-state index contributed by atoms with van der Waals surface area (Å²) in [5.74, 6) is 3.41. The van der Waals surface area contributed by atoms with E-state index in [0.717, 1.165) is 24.5 Å². The van der Waals surface area contributed by atoms with Gasteiger partial charge in [0.15, 0.2) is 0 Å². The summed E-state index contributed by atoms with van der Waals surface area (Å²) in [6.07, 6.45) is 2.25. The van der Waals surface area contributed by atoms with Crippen LogP contribution in [0.25, 0.3) is 0 Å². The minimum atomic E-state index is 0.383. The number of rotatable bonds is 2. The Hall–Kier alpha value is -0.410. The summed E-state index contributed by atoms with van der Waals surface area (Å²) in [7, 11) is 0. The summed E-state index contributed by atoms with van der Waals surface area (Å²) >= 11 is 1.94. The van der Waals surface area contributed by atoms with E-state index in [4.69, 9.17) is 4.42 Å². The summed E-state index contributed by atoms with van der Waals surface area (Å²) in [4.78, 5) is 0. The number of furan rings is 1. The molecule has 1 fully saturated rings. The first-order valence-corrected chi connectivity index (χ1v) is 5.88. The van der Waals surface area contributed by atoms with Crippen molar-refractivity contribution in [3.8, 4) is 0 Å². The Bertz CT molecular complexity index is 266. The van der Waals surface area contributed by atoms with E-state index in [2.05, 4.69) is 24.4 Å². The van der Waals surface area contributed by atoms with Crippen LogP contribution >= 0.6 is 11.8 Å². The second kappa shape index (κ2) is 4.20. The van der Waals surface area contributed by atoms with E-state index in [-0.39, 0.29) is 0 Å². The van der Waals surface area contributed by atoms with Gasteiger partial charge in [0.2, 0.25) is 0 Å². The first-order valence-electron chi connectivity index (χ1n) is 4.83. The Morgan fingerprint density at radius 2 is 2.54 bits per heavy atom. The highest BCUT2D eigenvalue weighted by Gasteiger charge is 2.17. The van der Waals surface area contributed by atoms with Crippen LogP contribution in [0.4, 0.5) is 0 Å². The molecule has 72 valence electrons. The maximum absolute atomic E-state index is 5.69. The van der Waals surface area contributed by atoms with Crippen molar-refractivity contribution in [2.45, 2.75) is 25.1 Å². The third kappa shape index (κ3) is 2.09. The highest BCUT2D eigenvalue weighted by molar-refractivity contribution is 7.99. The Morgan fingerprint density at radius 3 is 3.15 bits per heavy atom. The number of aryl methyl sites for hydroxylation is 1. The number of hydrogen-bond acceptors (Lipinski definition) is 3. The number of thioether (sulfide) groups is 1. The standard InChI is InChI=1S/C10H15NOS/c1-2-8-4-5-9(12-8)10-11-6-3-7-13-10/h4-5,10-11H,2-3,6-7H2,1H3. The molecule has 0 spiro atoms. The van der Waals surface area contributed by atoms with Gasteiger partial charge in [-0.25, -0.2) is 0 Å². The lowest BCUT2D eigenvalue weighted by atomic mass is 10.3. The third-order valence-electron chi connectivity index (χ3n) is 2.22. The van der Waals surface area contributed by atoms with Crippen molar-refractivity contribution in [2.24, 2.45) is 0 Å². The van der Waals surface area contributed by atoms with Crippen LogP contribution in [-0.4, -0.2) is 12.3 Å². The van der Waals surface area contributed by atoms with Crippen LogP contribution in [0.15, 0.2) is 16.5 Å². The lowest BCUT2D eigenvalue weighted by Crippen LogP contribution is -2.24. The molecule has 0 bridgehead atoms. The van der Waals surface area contributed by atoms with Gasteiger partial charge in [-0.05, 0) is 30.9 Å². The molecule has 0 amide bonds. The Balaban J connectivity index is 2.05. The van der Waals surface area contributed by atoms with Gasteiger partial charge in [0.25, 0.3) is 0 Å². The molecule has 1 N–H and O–H groups in total. The van der Waals surface area contributed by atoms with E-state index in [9.17, 15) is 0 Å². The van der Waals surface area contributed by atoms with Crippen molar-refractivity contribution in [1.82, 2.24) is 5.32 Å². The lowest BCUT2D eigenvalue weighted by Gasteiger charge is -2.20. The smallest absolute Gasteiger partial charge is 0.131 e. The summed E-state index contributed by atoms with van der Waals surface area (Å²) < 4.78 is 5.69. The first kappa shape index (κ1) is 9.16. The van der Waals surface area contributed by atoms with Crippen molar-refractivity contribution < 1.29 is 4.42 Å². The van der Waals surface area contributed by atoms with Crippen LogP contribution in [0, 0.1) is 0 Å². The molecule has 0 aliphatic carbocycles. The van der Waals surface area contributed by atoms with Crippen molar-refractivity contribution in [2.75, 3.05) is 12.3 Å².